The summed E-state index contributed by atoms with van der Waals surface area (Å²) in [7, 11) is -1.00. The Kier molecular flexibility index (Phi) is 7.66. The summed E-state index contributed by atoms with van der Waals surface area (Å²) in [6.45, 7) is 2.43. The first kappa shape index (κ1) is 21.6. The first-order valence-corrected chi connectivity index (χ1v) is 13.9. The second-order valence-electron chi connectivity index (χ2n) is 7.16. The third-order valence-corrected chi connectivity index (χ3v) is 13.2. The van der Waals surface area contributed by atoms with Gasteiger partial charge in [-0.2, -0.15) is 0 Å². The van der Waals surface area contributed by atoms with E-state index in [2.05, 4.69) is 147 Å². The molecule has 0 fully saturated rings. The summed E-state index contributed by atoms with van der Waals surface area (Å²) < 4.78 is 0.402. The van der Waals surface area contributed by atoms with Gasteiger partial charge >= 0.3 is 194 Å². The summed E-state index contributed by atoms with van der Waals surface area (Å²) in [6, 6.07) is 44.1. The molecule has 0 spiro atoms. The quantitative estimate of drug-likeness (QED) is 0.224. The summed E-state index contributed by atoms with van der Waals surface area (Å²) >= 11 is 3.87. The van der Waals surface area contributed by atoms with Gasteiger partial charge in [-0.05, 0) is 0 Å². The minimum atomic E-state index is -0.515. The van der Waals surface area contributed by atoms with Gasteiger partial charge in [0.15, 0.2) is 0 Å². The van der Waals surface area contributed by atoms with Crippen molar-refractivity contribution in [3.63, 3.8) is 0 Å². The third-order valence-electron chi connectivity index (χ3n) is 5.14. The summed E-state index contributed by atoms with van der Waals surface area (Å²) in [5.41, 5.74) is 0.485. The van der Waals surface area contributed by atoms with Crippen LogP contribution in [0.4, 0.5) is 0 Å². The van der Waals surface area contributed by atoms with E-state index < -0.39 is 15.8 Å². The molecule has 2 unspecified atom stereocenters. The first-order valence-electron chi connectivity index (χ1n) is 10.1. The Balaban J connectivity index is 1.77. The molecule has 0 bridgehead atoms. The Bertz CT molecular complexity index is 857. The molecular formula is C27H25P2Pd. The van der Waals surface area contributed by atoms with E-state index in [1.54, 1.807) is 0 Å². The second-order valence-corrected chi connectivity index (χ2v) is 13.7. The zero-order valence-electron chi connectivity index (χ0n) is 16.9. The molecule has 0 radical (unpaired) electrons. The van der Waals surface area contributed by atoms with Crippen molar-refractivity contribution in [3.05, 3.63) is 121 Å². The van der Waals surface area contributed by atoms with Crippen LogP contribution in [-0.4, -0.2) is 9.79 Å². The molecule has 153 valence electrons. The molecule has 4 rings (SSSR count). The summed E-state index contributed by atoms with van der Waals surface area (Å²) in [5.74, 6) is 0. The zero-order valence-corrected chi connectivity index (χ0v) is 20.3. The van der Waals surface area contributed by atoms with E-state index in [1.807, 2.05) is 0 Å². The summed E-state index contributed by atoms with van der Waals surface area (Å²) in [5, 5.41) is 5.74. The van der Waals surface area contributed by atoms with Crippen LogP contribution in [0.15, 0.2) is 121 Å². The summed E-state index contributed by atoms with van der Waals surface area (Å²) in [4.78, 5) is 0. The van der Waals surface area contributed by atoms with Gasteiger partial charge < -0.3 is 0 Å². The molecule has 0 saturated heterocycles. The van der Waals surface area contributed by atoms with Crippen molar-refractivity contribution in [3.8, 4) is 0 Å². The van der Waals surface area contributed by atoms with Crippen molar-refractivity contribution in [2.45, 2.75) is 16.7 Å². The van der Waals surface area contributed by atoms with Crippen LogP contribution in [0.3, 0.4) is 0 Å². The van der Waals surface area contributed by atoms with Gasteiger partial charge in [0.25, 0.3) is 0 Å². The van der Waals surface area contributed by atoms with Crippen molar-refractivity contribution < 1.29 is 19.2 Å². The van der Waals surface area contributed by atoms with Crippen LogP contribution in [0.1, 0.15) is 6.92 Å². The average Bonchev–Trinajstić information content (AvgIpc) is 2.82. The molecule has 0 saturated carbocycles. The predicted octanol–water partition coefficient (Wildman–Crippen LogP) is 5.51. The number of benzene rings is 4. The van der Waals surface area contributed by atoms with Crippen LogP contribution in [0.5, 0.6) is 0 Å². The van der Waals surface area contributed by atoms with Gasteiger partial charge in [-0.25, -0.2) is 0 Å². The molecule has 0 aromatic heterocycles. The molecule has 0 amide bonds. The maximum atomic E-state index is 3.87. The van der Waals surface area contributed by atoms with E-state index in [9.17, 15) is 0 Å². The SMILES string of the molecule is CC([CH]([Pd])P(c1ccccc1)c1ccccc1)P(c1ccccc1)c1ccccc1. The van der Waals surface area contributed by atoms with Gasteiger partial charge in [0.2, 0.25) is 0 Å². The third kappa shape index (κ3) is 4.99. The fourth-order valence-electron chi connectivity index (χ4n) is 3.72. The zero-order chi connectivity index (χ0) is 20.8. The maximum absolute atomic E-state index is 3.87. The monoisotopic (exact) mass is 517 g/mol. The molecule has 0 aliphatic carbocycles. The summed E-state index contributed by atoms with van der Waals surface area (Å²) in [6.07, 6.45) is 0. The normalized spacial score (nSPS) is 13.4. The fourth-order valence-corrected chi connectivity index (χ4v) is 11.3. The molecule has 0 aliphatic heterocycles. The number of rotatable bonds is 7. The Morgan fingerprint density at radius 1 is 0.467 bits per heavy atom. The fraction of sp³-hybridized carbons (Fsp3) is 0.111. The van der Waals surface area contributed by atoms with Crippen molar-refractivity contribution in [2.24, 2.45) is 0 Å². The van der Waals surface area contributed by atoms with E-state index in [0.717, 1.165) is 0 Å². The second kappa shape index (κ2) is 10.6. The Hall–Kier alpha value is -1.60. The average molecular weight is 518 g/mol. The standard InChI is InChI=1S/C27H25P2.Pd/c1-23(29(26-18-10-4-11-19-26)27-20-12-5-13-21-27)22-28(24-14-6-2-7-15-24)25-16-8-3-9-17-25;/h2-23H,1H3;. The molecule has 3 heteroatoms. The van der Waals surface area contributed by atoms with Gasteiger partial charge in [0, 0.05) is 0 Å². The van der Waals surface area contributed by atoms with Crippen LogP contribution in [0, 0.1) is 0 Å². The first-order chi connectivity index (χ1) is 14.8. The molecule has 0 heterocycles. The van der Waals surface area contributed by atoms with Gasteiger partial charge in [0.05, 0.1) is 0 Å². The van der Waals surface area contributed by atoms with E-state index in [0.29, 0.717) is 9.79 Å². The molecule has 2 atom stereocenters. The molecule has 0 aliphatic rings. The van der Waals surface area contributed by atoms with Crippen LogP contribution in [0.25, 0.3) is 0 Å². The number of hydrogen-bond donors (Lipinski definition) is 0. The Morgan fingerprint density at radius 3 is 1.03 bits per heavy atom. The molecular weight excluding hydrogens is 493 g/mol. The topological polar surface area (TPSA) is 0 Å². The van der Waals surface area contributed by atoms with E-state index in [-0.39, 0.29) is 0 Å². The van der Waals surface area contributed by atoms with Crippen LogP contribution < -0.4 is 21.2 Å². The van der Waals surface area contributed by atoms with E-state index in [4.69, 9.17) is 0 Å². The van der Waals surface area contributed by atoms with Gasteiger partial charge in [0.1, 0.15) is 0 Å². The van der Waals surface area contributed by atoms with Crippen molar-refractivity contribution in [1.29, 1.82) is 0 Å². The molecule has 4 aromatic carbocycles. The van der Waals surface area contributed by atoms with Crippen LogP contribution in [-0.2, 0) is 19.2 Å². The van der Waals surface area contributed by atoms with Crippen molar-refractivity contribution in [1.82, 2.24) is 0 Å². The predicted molar refractivity (Wildman–Crippen MR) is 131 cm³/mol. The van der Waals surface area contributed by atoms with Gasteiger partial charge in [-0.15, -0.1) is 0 Å². The van der Waals surface area contributed by atoms with Gasteiger partial charge in [-0.1, -0.05) is 0 Å². The molecule has 0 N–H and O–H groups in total. The number of hydrogen-bond acceptors (Lipinski definition) is 0. The van der Waals surface area contributed by atoms with E-state index >= 15 is 0 Å². The Morgan fingerprint density at radius 2 is 0.733 bits per heavy atom. The van der Waals surface area contributed by atoms with Crippen LogP contribution in [0.2, 0.25) is 0 Å². The molecule has 0 nitrogen and oxygen atoms in total. The Labute approximate surface area is 193 Å². The van der Waals surface area contributed by atoms with E-state index in [1.165, 1.54) is 21.2 Å². The molecule has 4 aromatic rings. The van der Waals surface area contributed by atoms with Crippen LogP contribution >= 0.6 is 15.8 Å². The minimum absolute atomic E-state index is 0.402. The van der Waals surface area contributed by atoms with Gasteiger partial charge in [-0.3, -0.25) is 0 Å². The molecule has 30 heavy (non-hydrogen) atoms. The van der Waals surface area contributed by atoms with Crippen molar-refractivity contribution >= 4 is 37.1 Å². The van der Waals surface area contributed by atoms with Crippen molar-refractivity contribution in [2.75, 3.05) is 0 Å².